The quantitative estimate of drug-likeness (QED) is 0.646. The smallest absolute Gasteiger partial charge is 0.137 e. The maximum Gasteiger partial charge on any atom is 0.137 e. The molecule has 21 heavy (non-hydrogen) atoms. The molecular formula is C16H15Br2F2N. The molecule has 0 bridgehead atoms. The second-order valence-electron chi connectivity index (χ2n) is 4.78. The Kier molecular flexibility index (Phi) is 5.52. The van der Waals surface area contributed by atoms with E-state index in [1.54, 1.807) is 0 Å². The average molecular weight is 419 g/mol. The Morgan fingerprint density at radius 2 is 1.76 bits per heavy atom. The summed E-state index contributed by atoms with van der Waals surface area (Å²) >= 11 is 6.42. The van der Waals surface area contributed by atoms with Crippen LogP contribution >= 0.6 is 31.9 Å². The molecule has 0 spiro atoms. The van der Waals surface area contributed by atoms with E-state index in [1.165, 1.54) is 12.1 Å². The third-order valence-corrected chi connectivity index (χ3v) is 4.40. The summed E-state index contributed by atoms with van der Waals surface area (Å²) < 4.78 is 29.1. The highest BCUT2D eigenvalue weighted by Gasteiger charge is 2.20. The second-order valence-corrected chi connectivity index (χ2v) is 6.55. The summed E-state index contributed by atoms with van der Waals surface area (Å²) in [5, 5.41) is 3.23. The Labute approximate surface area is 140 Å². The van der Waals surface area contributed by atoms with Gasteiger partial charge in [-0.05, 0) is 64.8 Å². The van der Waals surface area contributed by atoms with Crippen LogP contribution in [0.5, 0.6) is 0 Å². The van der Waals surface area contributed by atoms with Crippen molar-refractivity contribution in [2.45, 2.75) is 19.9 Å². The molecule has 2 aromatic carbocycles. The molecule has 2 aromatic rings. The van der Waals surface area contributed by atoms with Crippen LogP contribution in [0.2, 0.25) is 0 Å². The predicted molar refractivity (Wildman–Crippen MR) is 88.5 cm³/mol. The molecule has 1 nitrogen and oxygen atoms in total. The van der Waals surface area contributed by atoms with E-state index in [4.69, 9.17) is 0 Å². The van der Waals surface area contributed by atoms with Crippen molar-refractivity contribution in [3.63, 3.8) is 0 Å². The fourth-order valence-corrected chi connectivity index (χ4v) is 3.10. The van der Waals surface area contributed by atoms with Gasteiger partial charge in [0.15, 0.2) is 0 Å². The van der Waals surface area contributed by atoms with Crippen molar-refractivity contribution in [2.75, 3.05) is 6.54 Å². The van der Waals surface area contributed by atoms with E-state index in [0.29, 0.717) is 12.1 Å². The number of hydrogen-bond donors (Lipinski definition) is 1. The van der Waals surface area contributed by atoms with Gasteiger partial charge in [0.2, 0.25) is 0 Å². The zero-order valence-corrected chi connectivity index (χ0v) is 14.9. The highest BCUT2D eigenvalue weighted by atomic mass is 79.9. The van der Waals surface area contributed by atoms with E-state index in [1.807, 2.05) is 32.0 Å². The maximum absolute atomic E-state index is 14.3. The second kappa shape index (κ2) is 6.99. The summed E-state index contributed by atoms with van der Waals surface area (Å²) in [7, 11) is 0. The first-order valence-corrected chi connectivity index (χ1v) is 8.16. The standard InChI is InChI=1S/C16H15Br2F2N/c1-3-21-16(11-5-4-10(17)6-9(11)2)12-7-15(20)13(18)8-14(12)19/h4-8,16,21H,3H2,1-2H3. The lowest BCUT2D eigenvalue weighted by Crippen LogP contribution is -2.24. The minimum absolute atomic E-state index is 0.131. The van der Waals surface area contributed by atoms with Crippen LogP contribution in [0.4, 0.5) is 8.78 Å². The molecule has 2 rings (SSSR count). The molecule has 0 aliphatic carbocycles. The highest BCUT2D eigenvalue weighted by molar-refractivity contribution is 9.10. The van der Waals surface area contributed by atoms with Gasteiger partial charge in [0.25, 0.3) is 0 Å². The van der Waals surface area contributed by atoms with Gasteiger partial charge < -0.3 is 5.32 Å². The molecule has 112 valence electrons. The van der Waals surface area contributed by atoms with Gasteiger partial charge in [0.05, 0.1) is 10.5 Å². The predicted octanol–water partition coefficient (Wildman–Crippen LogP) is 5.50. The van der Waals surface area contributed by atoms with Crippen LogP contribution in [-0.4, -0.2) is 6.54 Å². The van der Waals surface area contributed by atoms with Crippen LogP contribution < -0.4 is 5.32 Å². The molecule has 0 saturated carbocycles. The van der Waals surface area contributed by atoms with Gasteiger partial charge in [-0.15, -0.1) is 0 Å². The third kappa shape index (κ3) is 3.71. The summed E-state index contributed by atoms with van der Waals surface area (Å²) in [5.41, 5.74) is 2.25. The molecule has 1 atom stereocenters. The molecule has 1 unspecified atom stereocenters. The Hall–Kier alpha value is -0.780. The Bertz CT molecular complexity index is 659. The molecular weight excluding hydrogens is 404 g/mol. The van der Waals surface area contributed by atoms with Crippen LogP contribution in [0, 0.1) is 18.6 Å². The number of halogens is 4. The molecule has 0 aromatic heterocycles. The van der Waals surface area contributed by atoms with Gasteiger partial charge in [-0.2, -0.15) is 0 Å². The number of benzene rings is 2. The van der Waals surface area contributed by atoms with Crippen LogP contribution in [0.25, 0.3) is 0 Å². The van der Waals surface area contributed by atoms with Gasteiger partial charge >= 0.3 is 0 Å². The van der Waals surface area contributed by atoms with Crippen molar-refractivity contribution in [1.82, 2.24) is 5.32 Å². The first-order valence-electron chi connectivity index (χ1n) is 6.58. The number of nitrogens with one attached hydrogen (secondary N) is 1. The van der Waals surface area contributed by atoms with Crippen LogP contribution in [0.1, 0.15) is 29.7 Å². The Morgan fingerprint density at radius 3 is 2.38 bits per heavy atom. The van der Waals surface area contributed by atoms with Gasteiger partial charge in [-0.3, -0.25) is 0 Å². The molecule has 5 heteroatoms. The summed E-state index contributed by atoms with van der Waals surface area (Å²) in [5.74, 6) is -0.902. The fraction of sp³-hybridized carbons (Fsp3) is 0.250. The van der Waals surface area contributed by atoms with E-state index in [0.717, 1.165) is 15.6 Å². The zero-order chi connectivity index (χ0) is 15.6. The van der Waals surface area contributed by atoms with Crippen LogP contribution in [-0.2, 0) is 0 Å². The van der Waals surface area contributed by atoms with E-state index in [-0.39, 0.29) is 10.5 Å². The first-order chi connectivity index (χ1) is 9.93. The number of aryl methyl sites for hydroxylation is 1. The molecule has 0 heterocycles. The number of hydrogen-bond acceptors (Lipinski definition) is 1. The van der Waals surface area contributed by atoms with Gasteiger partial charge in [-0.25, -0.2) is 8.78 Å². The first kappa shape index (κ1) is 16.6. The summed E-state index contributed by atoms with van der Waals surface area (Å²) in [4.78, 5) is 0. The van der Waals surface area contributed by atoms with Crippen molar-refractivity contribution in [3.8, 4) is 0 Å². The molecule has 0 saturated heterocycles. The van der Waals surface area contributed by atoms with Crippen LogP contribution in [0.3, 0.4) is 0 Å². The van der Waals surface area contributed by atoms with Gasteiger partial charge in [0, 0.05) is 10.0 Å². The van der Waals surface area contributed by atoms with Gasteiger partial charge in [0.1, 0.15) is 11.6 Å². The zero-order valence-electron chi connectivity index (χ0n) is 11.7. The van der Waals surface area contributed by atoms with Crippen molar-refractivity contribution in [3.05, 3.63) is 67.6 Å². The molecule has 0 aliphatic rings. The maximum atomic E-state index is 14.3. The lowest BCUT2D eigenvalue weighted by Gasteiger charge is -2.22. The van der Waals surface area contributed by atoms with Crippen molar-refractivity contribution in [1.29, 1.82) is 0 Å². The topological polar surface area (TPSA) is 12.0 Å². The normalized spacial score (nSPS) is 12.5. The van der Waals surface area contributed by atoms with E-state index in [9.17, 15) is 8.78 Å². The molecule has 0 fully saturated rings. The van der Waals surface area contributed by atoms with Crippen LogP contribution in [0.15, 0.2) is 39.3 Å². The summed E-state index contributed by atoms with van der Waals surface area (Å²) in [6.45, 7) is 4.54. The number of rotatable bonds is 4. The van der Waals surface area contributed by atoms with E-state index >= 15 is 0 Å². The summed E-state index contributed by atoms with van der Waals surface area (Å²) in [6.07, 6.45) is 0. The Morgan fingerprint density at radius 1 is 1.05 bits per heavy atom. The minimum Gasteiger partial charge on any atom is -0.306 e. The van der Waals surface area contributed by atoms with E-state index < -0.39 is 11.6 Å². The minimum atomic E-state index is -0.468. The lowest BCUT2D eigenvalue weighted by molar-refractivity contribution is 0.541. The third-order valence-electron chi connectivity index (χ3n) is 3.30. The molecule has 1 N–H and O–H groups in total. The lowest BCUT2D eigenvalue weighted by atomic mass is 9.94. The fourth-order valence-electron chi connectivity index (χ4n) is 2.31. The highest BCUT2D eigenvalue weighted by Crippen LogP contribution is 2.31. The Balaban J connectivity index is 2.55. The molecule has 0 amide bonds. The van der Waals surface area contributed by atoms with Crippen molar-refractivity contribution >= 4 is 31.9 Å². The van der Waals surface area contributed by atoms with Crippen molar-refractivity contribution in [2.24, 2.45) is 0 Å². The largest absolute Gasteiger partial charge is 0.306 e. The van der Waals surface area contributed by atoms with Crippen molar-refractivity contribution < 1.29 is 8.78 Å². The molecule has 0 aliphatic heterocycles. The summed E-state index contributed by atoms with van der Waals surface area (Å²) in [6, 6.07) is 7.82. The van der Waals surface area contributed by atoms with Gasteiger partial charge in [-0.1, -0.05) is 28.9 Å². The van der Waals surface area contributed by atoms with E-state index in [2.05, 4.69) is 37.2 Å². The molecule has 0 radical (unpaired) electrons. The monoisotopic (exact) mass is 417 g/mol. The average Bonchev–Trinajstić information content (AvgIpc) is 2.41. The SMILES string of the molecule is CCNC(c1ccc(Br)cc1C)c1cc(F)c(Br)cc1F.